The maximum atomic E-state index is 12.6. The van der Waals surface area contributed by atoms with E-state index in [0.29, 0.717) is 39.0 Å². The van der Waals surface area contributed by atoms with Crippen molar-refractivity contribution in [2.24, 2.45) is 0 Å². The molecule has 2 aromatic rings. The third-order valence-electron chi connectivity index (χ3n) is 4.92. The molecule has 0 radical (unpaired) electrons. The zero-order valence-electron chi connectivity index (χ0n) is 15.7. The molecule has 2 aromatic carbocycles. The Hall–Kier alpha value is -2.18. The van der Waals surface area contributed by atoms with Crippen LogP contribution in [0.4, 0.5) is 0 Å². The quantitative estimate of drug-likeness (QED) is 0.767. The van der Waals surface area contributed by atoms with Crippen LogP contribution in [0.3, 0.4) is 0 Å². The van der Waals surface area contributed by atoms with Crippen molar-refractivity contribution in [2.45, 2.75) is 25.5 Å². The third kappa shape index (κ3) is 5.40. The van der Waals surface area contributed by atoms with Gasteiger partial charge in [-0.1, -0.05) is 60.2 Å². The fourth-order valence-electron chi connectivity index (χ4n) is 3.26. The van der Waals surface area contributed by atoms with E-state index in [4.69, 9.17) is 0 Å². The molecule has 0 bridgehead atoms. The first kappa shape index (κ1) is 19.6. The van der Waals surface area contributed by atoms with Gasteiger partial charge in [0.1, 0.15) is 0 Å². The second kappa shape index (κ2) is 8.67. The Morgan fingerprint density at radius 3 is 2.15 bits per heavy atom. The summed E-state index contributed by atoms with van der Waals surface area (Å²) >= 11 is 0. The van der Waals surface area contributed by atoms with Gasteiger partial charge < -0.3 is 4.90 Å². The Balaban J connectivity index is 1.49. The maximum Gasteiger partial charge on any atom is 0.222 e. The van der Waals surface area contributed by atoms with Crippen molar-refractivity contribution < 1.29 is 13.2 Å². The molecule has 1 heterocycles. The molecule has 1 amide bonds. The minimum atomic E-state index is -3.35. The zero-order valence-corrected chi connectivity index (χ0v) is 16.5. The molecule has 0 atom stereocenters. The first-order chi connectivity index (χ1) is 12.9. The molecule has 1 aliphatic rings. The van der Waals surface area contributed by atoms with E-state index in [1.807, 2.05) is 37.3 Å². The Morgan fingerprint density at radius 1 is 0.889 bits per heavy atom. The van der Waals surface area contributed by atoms with Gasteiger partial charge in [-0.05, 0) is 24.5 Å². The number of rotatable bonds is 6. The molecule has 5 nitrogen and oxygen atoms in total. The second-order valence-corrected chi connectivity index (χ2v) is 8.98. The van der Waals surface area contributed by atoms with E-state index in [-0.39, 0.29) is 11.7 Å². The van der Waals surface area contributed by atoms with Gasteiger partial charge in [0.15, 0.2) is 0 Å². The molecule has 0 N–H and O–H groups in total. The van der Waals surface area contributed by atoms with Crippen molar-refractivity contribution in [2.75, 3.05) is 26.2 Å². The molecule has 6 heteroatoms. The molecule has 0 unspecified atom stereocenters. The fraction of sp³-hybridized carbons (Fsp3) is 0.381. The van der Waals surface area contributed by atoms with Crippen LogP contribution < -0.4 is 0 Å². The molecular formula is C21H26N2O3S. The number of hydrogen-bond donors (Lipinski definition) is 0. The summed E-state index contributed by atoms with van der Waals surface area (Å²) in [4.78, 5) is 14.2. The number of benzene rings is 2. The standard InChI is InChI=1S/C21H26N2O3S/c1-18-7-9-19(10-8-18)11-12-21(24)22-13-15-23(16-14-22)27(25,26)17-20-5-3-2-4-6-20/h2-10H,11-17H2,1H3. The number of carbonyl (C=O) groups is 1. The monoisotopic (exact) mass is 386 g/mol. The van der Waals surface area contributed by atoms with Crippen LogP contribution in [0.2, 0.25) is 0 Å². The SMILES string of the molecule is Cc1ccc(CCC(=O)N2CCN(S(=O)(=O)Cc3ccccc3)CC2)cc1. The summed E-state index contributed by atoms with van der Waals surface area (Å²) in [5.41, 5.74) is 3.14. The van der Waals surface area contributed by atoms with Crippen molar-refractivity contribution in [1.29, 1.82) is 0 Å². The van der Waals surface area contributed by atoms with Gasteiger partial charge in [-0.25, -0.2) is 8.42 Å². The van der Waals surface area contributed by atoms with E-state index in [9.17, 15) is 13.2 Å². The Kier molecular flexibility index (Phi) is 6.29. The van der Waals surface area contributed by atoms with Crippen LogP contribution in [0.1, 0.15) is 23.1 Å². The highest BCUT2D eigenvalue weighted by Crippen LogP contribution is 2.15. The minimum absolute atomic E-state index is 0.00914. The normalized spacial score (nSPS) is 15.7. The highest BCUT2D eigenvalue weighted by molar-refractivity contribution is 7.88. The third-order valence-corrected chi connectivity index (χ3v) is 6.77. The molecule has 144 valence electrons. The van der Waals surface area contributed by atoms with E-state index >= 15 is 0 Å². The predicted octanol–water partition coefficient (Wildman–Crippen LogP) is 2.60. The summed E-state index contributed by atoms with van der Waals surface area (Å²) in [7, 11) is -3.35. The van der Waals surface area contributed by atoms with E-state index in [0.717, 1.165) is 11.1 Å². The summed E-state index contributed by atoms with van der Waals surface area (Å²) in [5.74, 6) is 0.102. The fourth-order valence-corrected chi connectivity index (χ4v) is 4.77. The van der Waals surface area contributed by atoms with Gasteiger partial charge in [0.25, 0.3) is 0 Å². The summed E-state index contributed by atoms with van der Waals surface area (Å²) in [5, 5.41) is 0. The largest absolute Gasteiger partial charge is 0.340 e. The van der Waals surface area contributed by atoms with E-state index in [2.05, 4.69) is 24.3 Å². The molecule has 0 saturated carbocycles. The minimum Gasteiger partial charge on any atom is -0.340 e. The lowest BCUT2D eigenvalue weighted by Crippen LogP contribution is -2.50. The number of hydrogen-bond acceptors (Lipinski definition) is 3. The molecule has 0 aromatic heterocycles. The summed E-state index contributed by atoms with van der Waals surface area (Å²) in [6.45, 7) is 3.69. The highest BCUT2D eigenvalue weighted by Gasteiger charge is 2.28. The molecular weight excluding hydrogens is 360 g/mol. The number of piperazine rings is 1. The number of carbonyl (C=O) groups excluding carboxylic acids is 1. The van der Waals surface area contributed by atoms with E-state index < -0.39 is 10.0 Å². The van der Waals surface area contributed by atoms with Crippen LogP contribution in [0.5, 0.6) is 0 Å². The Bertz CT molecular complexity index is 856. The Morgan fingerprint density at radius 2 is 1.52 bits per heavy atom. The lowest BCUT2D eigenvalue weighted by Gasteiger charge is -2.34. The first-order valence-corrected chi connectivity index (χ1v) is 10.9. The van der Waals surface area contributed by atoms with Crippen molar-refractivity contribution in [1.82, 2.24) is 9.21 Å². The van der Waals surface area contributed by atoms with Crippen LogP contribution in [0, 0.1) is 6.92 Å². The predicted molar refractivity (Wildman–Crippen MR) is 107 cm³/mol. The van der Waals surface area contributed by atoms with Gasteiger partial charge in [-0.2, -0.15) is 4.31 Å². The van der Waals surface area contributed by atoms with Gasteiger partial charge in [0.2, 0.25) is 15.9 Å². The molecule has 1 aliphatic heterocycles. The van der Waals surface area contributed by atoms with Crippen molar-refractivity contribution in [3.8, 4) is 0 Å². The first-order valence-electron chi connectivity index (χ1n) is 9.29. The van der Waals surface area contributed by atoms with Gasteiger partial charge >= 0.3 is 0 Å². The molecule has 0 spiro atoms. The van der Waals surface area contributed by atoms with Crippen LogP contribution in [-0.4, -0.2) is 49.7 Å². The number of aryl methyl sites for hydroxylation is 2. The number of nitrogens with zero attached hydrogens (tertiary/aromatic N) is 2. The van der Waals surface area contributed by atoms with Crippen molar-refractivity contribution in [3.63, 3.8) is 0 Å². The molecule has 0 aliphatic carbocycles. The van der Waals surface area contributed by atoms with Crippen LogP contribution >= 0.6 is 0 Å². The smallest absolute Gasteiger partial charge is 0.222 e. The average Bonchev–Trinajstić information content (AvgIpc) is 2.68. The highest BCUT2D eigenvalue weighted by atomic mass is 32.2. The lowest BCUT2D eigenvalue weighted by molar-refractivity contribution is -0.132. The van der Waals surface area contributed by atoms with Crippen LogP contribution in [-0.2, 0) is 27.0 Å². The van der Waals surface area contributed by atoms with E-state index in [1.54, 1.807) is 4.90 Å². The average molecular weight is 387 g/mol. The summed E-state index contributed by atoms with van der Waals surface area (Å²) in [6, 6.07) is 17.4. The van der Waals surface area contributed by atoms with Gasteiger partial charge in [0, 0.05) is 32.6 Å². The van der Waals surface area contributed by atoms with Crippen LogP contribution in [0.25, 0.3) is 0 Å². The van der Waals surface area contributed by atoms with Crippen molar-refractivity contribution >= 4 is 15.9 Å². The topological polar surface area (TPSA) is 57.7 Å². The van der Waals surface area contributed by atoms with E-state index in [1.165, 1.54) is 9.87 Å². The maximum absolute atomic E-state index is 12.6. The molecule has 1 saturated heterocycles. The zero-order chi connectivity index (χ0) is 19.3. The Labute approximate surface area is 161 Å². The summed E-state index contributed by atoms with van der Waals surface area (Å²) < 4.78 is 26.7. The van der Waals surface area contributed by atoms with Crippen LogP contribution in [0.15, 0.2) is 54.6 Å². The van der Waals surface area contributed by atoms with Gasteiger partial charge in [0.05, 0.1) is 5.75 Å². The van der Waals surface area contributed by atoms with Gasteiger partial charge in [-0.15, -0.1) is 0 Å². The second-order valence-electron chi connectivity index (χ2n) is 7.01. The molecule has 1 fully saturated rings. The van der Waals surface area contributed by atoms with Crippen molar-refractivity contribution in [3.05, 3.63) is 71.3 Å². The lowest BCUT2D eigenvalue weighted by atomic mass is 10.1. The number of amides is 1. The summed E-state index contributed by atoms with van der Waals surface area (Å²) in [6.07, 6.45) is 1.17. The molecule has 27 heavy (non-hydrogen) atoms. The van der Waals surface area contributed by atoms with Gasteiger partial charge in [-0.3, -0.25) is 4.79 Å². The number of sulfonamides is 1. The molecule has 3 rings (SSSR count).